The maximum absolute atomic E-state index is 13.0. The molecule has 1 aliphatic rings. The SMILES string of the molecule is CCCOCCCc1cccc2c1CCc1sc(NC(=O)c3cc(Cl)c(C=C(OC)C(=O)O)c(Cl)c3)nc1-2. The number of thiazole rings is 1. The van der Waals surface area contributed by atoms with Crippen LogP contribution in [0.4, 0.5) is 5.13 Å². The van der Waals surface area contributed by atoms with Crippen LogP contribution in [0.2, 0.25) is 10.0 Å². The maximum Gasteiger partial charge on any atom is 0.371 e. The summed E-state index contributed by atoms with van der Waals surface area (Å²) < 4.78 is 10.5. The molecule has 4 rings (SSSR count). The van der Waals surface area contributed by atoms with Crippen LogP contribution in [0.5, 0.6) is 0 Å². The average Bonchev–Trinajstić information content (AvgIpc) is 3.31. The van der Waals surface area contributed by atoms with E-state index in [0.717, 1.165) is 61.5 Å². The Morgan fingerprint density at radius 3 is 2.63 bits per heavy atom. The molecule has 0 saturated carbocycles. The van der Waals surface area contributed by atoms with Crippen molar-refractivity contribution in [3.8, 4) is 11.3 Å². The molecule has 0 radical (unpaired) electrons. The Labute approximate surface area is 235 Å². The first-order valence-corrected chi connectivity index (χ1v) is 13.9. The van der Waals surface area contributed by atoms with Gasteiger partial charge in [0.25, 0.3) is 5.91 Å². The molecule has 1 heterocycles. The number of anilines is 1. The van der Waals surface area contributed by atoms with Crippen molar-refractivity contribution in [2.75, 3.05) is 25.6 Å². The third-order valence-electron chi connectivity index (χ3n) is 6.18. The zero-order chi connectivity index (χ0) is 27.2. The Morgan fingerprint density at radius 1 is 1.18 bits per heavy atom. The number of hydrogen-bond donors (Lipinski definition) is 2. The molecule has 2 N–H and O–H groups in total. The highest BCUT2D eigenvalue weighted by Gasteiger charge is 2.24. The van der Waals surface area contributed by atoms with Crippen LogP contribution in [0.15, 0.2) is 36.1 Å². The van der Waals surface area contributed by atoms with Crippen LogP contribution in [-0.2, 0) is 33.5 Å². The van der Waals surface area contributed by atoms with E-state index >= 15 is 0 Å². The lowest BCUT2D eigenvalue weighted by Gasteiger charge is -2.18. The molecule has 38 heavy (non-hydrogen) atoms. The van der Waals surface area contributed by atoms with E-state index in [1.165, 1.54) is 47.8 Å². The van der Waals surface area contributed by atoms with Gasteiger partial charge >= 0.3 is 5.97 Å². The molecular formula is C28H28Cl2N2O5S. The number of nitrogens with one attached hydrogen (secondary N) is 1. The molecule has 0 spiro atoms. The summed E-state index contributed by atoms with van der Waals surface area (Å²) in [6.07, 6.45) is 5.98. The van der Waals surface area contributed by atoms with Gasteiger partial charge in [-0.25, -0.2) is 9.78 Å². The number of ether oxygens (including phenoxy) is 2. The van der Waals surface area contributed by atoms with Crippen LogP contribution < -0.4 is 5.32 Å². The number of rotatable bonds is 11. The number of aliphatic carboxylic acids is 1. The van der Waals surface area contributed by atoms with Crippen molar-refractivity contribution in [2.45, 2.75) is 39.0 Å². The predicted molar refractivity (Wildman–Crippen MR) is 151 cm³/mol. The Hall–Kier alpha value is -2.91. The van der Waals surface area contributed by atoms with Gasteiger partial charge in [0.05, 0.1) is 22.8 Å². The van der Waals surface area contributed by atoms with Gasteiger partial charge in [-0.1, -0.05) is 48.3 Å². The van der Waals surface area contributed by atoms with E-state index in [9.17, 15) is 14.7 Å². The highest BCUT2D eigenvalue weighted by molar-refractivity contribution is 7.16. The Bertz CT molecular complexity index is 1360. The molecule has 1 aromatic heterocycles. The summed E-state index contributed by atoms with van der Waals surface area (Å²) >= 11 is 14.1. The van der Waals surface area contributed by atoms with Crippen molar-refractivity contribution in [1.82, 2.24) is 4.98 Å². The van der Waals surface area contributed by atoms with E-state index in [1.807, 2.05) is 0 Å². The molecule has 10 heteroatoms. The van der Waals surface area contributed by atoms with Crippen LogP contribution in [0.3, 0.4) is 0 Å². The zero-order valence-electron chi connectivity index (χ0n) is 21.1. The van der Waals surface area contributed by atoms with Gasteiger partial charge in [0.1, 0.15) is 0 Å². The molecule has 2 aromatic carbocycles. The molecular weight excluding hydrogens is 547 g/mol. The van der Waals surface area contributed by atoms with E-state index in [2.05, 4.69) is 30.4 Å². The second kappa shape index (κ2) is 12.8. The summed E-state index contributed by atoms with van der Waals surface area (Å²) in [5.41, 5.74) is 5.14. The molecule has 3 aromatic rings. The first-order valence-electron chi connectivity index (χ1n) is 12.3. The lowest BCUT2D eigenvalue weighted by Crippen LogP contribution is -2.12. The van der Waals surface area contributed by atoms with Crippen LogP contribution in [0.1, 0.15) is 51.7 Å². The van der Waals surface area contributed by atoms with E-state index in [0.29, 0.717) is 5.13 Å². The molecule has 7 nitrogen and oxygen atoms in total. The number of carboxylic acid groups (broad SMARTS) is 1. The van der Waals surface area contributed by atoms with Gasteiger partial charge in [-0.2, -0.15) is 0 Å². The van der Waals surface area contributed by atoms with Crippen LogP contribution in [-0.4, -0.2) is 42.3 Å². The summed E-state index contributed by atoms with van der Waals surface area (Å²) in [6, 6.07) is 9.20. The number of carboxylic acids is 1. The molecule has 1 amide bonds. The molecule has 1 aliphatic carbocycles. The highest BCUT2D eigenvalue weighted by atomic mass is 35.5. The summed E-state index contributed by atoms with van der Waals surface area (Å²) in [5.74, 6) is -2.00. The lowest BCUT2D eigenvalue weighted by molar-refractivity contribution is -0.135. The topological polar surface area (TPSA) is 97.8 Å². The monoisotopic (exact) mass is 574 g/mol. The van der Waals surface area contributed by atoms with Gasteiger partial charge in [-0.15, -0.1) is 11.3 Å². The van der Waals surface area contributed by atoms with E-state index < -0.39 is 11.9 Å². The molecule has 0 unspecified atom stereocenters. The van der Waals surface area contributed by atoms with Crippen molar-refractivity contribution in [3.63, 3.8) is 0 Å². The number of carbonyl (C=O) groups is 2. The molecule has 0 aliphatic heterocycles. The number of carbonyl (C=O) groups excluding carboxylic acids is 1. The Kier molecular flexibility index (Phi) is 9.44. The maximum atomic E-state index is 13.0. The number of benzene rings is 2. The lowest BCUT2D eigenvalue weighted by atomic mass is 9.88. The predicted octanol–water partition coefficient (Wildman–Crippen LogP) is 6.90. The minimum atomic E-state index is -1.26. The van der Waals surface area contributed by atoms with Crippen molar-refractivity contribution in [2.24, 2.45) is 0 Å². The quantitative estimate of drug-likeness (QED) is 0.147. The van der Waals surface area contributed by atoms with Crippen LogP contribution >= 0.6 is 34.5 Å². The fraction of sp³-hybridized carbons (Fsp3) is 0.321. The van der Waals surface area contributed by atoms with Gasteiger partial charge in [-0.05, 0) is 61.4 Å². The average molecular weight is 576 g/mol. The van der Waals surface area contributed by atoms with E-state index in [1.54, 1.807) is 0 Å². The van der Waals surface area contributed by atoms with Crippen molar-refractivity contribution in [1.29, 1.82) is 0 Å². The highest BCUT2D eigenvalue weighted by Crippen LogP contribution is 2.40. The van der Waals surface area contributed by atoms with Gasteiger partial charge in [0, 0.05) is 34.8 Å². The van der Waals surface area contributed by atoms with Crippen molar-refractivity contribution >= 4 is 57.6 Å². The summed E-state index contributed by atoms with van der Waals surface area (Å²) in [7, 11) is 1.24. The summed E-state index contributed by atoms with van der Waals surface area (Å²) in [4.78, 5) is 30.1. The fourth-order valence-corrected chi connectivity index (χ4v) is 5.95. The molecule has 200 valence electrons. The van der Waals surface area contributed by atoms with Crippen molar-refractivity contribution < 1.29 is 24.2 Å². The molecule has 0 fully saturated rings. The molecule has 0 saturated heterocycles. The second-order valence-electron chi connectivity index (χ2n) is 8.78. The third-order valence-corrected chi connectivity index (χ3v) is 7.83. The van der Waals surface area contributed by atoms with Gasteiger partial charge in [-0.3, -0.25) is 10.1 Å². The van der Waals surface area contributed by atoms with Gasteiger partial charge < -0.3 is 14.6 Å². The number of hydrogen-bond acceptors (Lipinski definition) is 6. The van der Waals surface area contributed by atoms with Gasteiger partial charge in [0.15, 0.2) is 5.13 Å². The normalized spacial score (nSPS) is 12.6. The number of aryl methyl sites for hydroxylation is 2. The summed E-state index contributed by atoms with van der Waals surface area (Å²) in [6.45, 7) is 3.66. The second-order valence-corrected chi connectivity index (χ2v) is 10.7. The number of halogens is 2. The smallest absolute Gasteiger partial charge is 0.371 e. The van der Waals surface area contributed by atoms with Crippen LogP contribution in [0, 0.1) is 0 Å². The Balaban J connectivity index is 1.51. The van der Waals surface area contributed by atoms with Crippen molar-refractivity contribution in [3.05, 3.63) is 73.3 Å². The summed E-state index contributed by atoms with van der Waals surface area (Å²) in [5, 5.41) is 12.8. The van der Waals surface area contributed by atoms with E-state index in [-0.39, 0.29) is 26.9 Å². The number of aromatic nitrogens is 1. The minimum Gasteiger partial charge on any atom is -0.490 e. The molecule has 0 atom stereocenters. The third kappa shape index (κ3) is 6.38. The largest absolute Gasteiger partial charge is 0.490 e. The minimum absolute atomic E-state index is 0.124. The number of nitrogens with zero attached hydrogens (tertiary/aromatic N) is 1. The number of amides is 1. The first kappa shape index (κ1) is 28.1. The standard InChI is InChI=1S/C28H28Cl2N2O5S/c1-3-11-37-12-5-7-16-6-4-8-19-18(16)9-10-24-25(19)31-28(38-24)32-26(33)17-13-21(29)20(22(30)14-17)15-23(36-2)27(34)35/h4,6,8,13-15H,3,5,7,9-12H2,1-2H3,(H,34,35)(H,31,32,33). The van der Waals surface area contributed by atoms with E-state index in [4.69, 9.17) is 37.7 Å². The number of methoxy groups -OCH3 is 1. The first-order chi connectivity index (χ1) is 18.3. The molecule has 0 bridgehead atoms. The van der Waals surface area contributed by atoms with Gasteiger partial charge in [0.2, 0.25) is 5.76 Å². The Morgan fingerprint density at radius 2 is 1.95 bits per heavy atom. The fourth-order valence-electron chi connectivity index (χ4n) is 4.38. The number of fused-ring (bicyclic) bond motifs is 3. The zero-order valence-corrected chi connectivity index (χ0v) is 23.4. The van der Waals surface area contributed by atoms with Crippen LogP contribution in [0.25, 0.3) is 17.3 Å².